The Morgan fingerprint density at radius 1 is 1.22 bits per heavy atom. The van der Waals surface area contributed by atoms with E-state index in [1.165, 1.54) is 0 Å². The summed E-state index contributed by atoms with van der Waals surface area (Å²) < 4.78 is 6.17. The first-order chi connectivity index (χ1) is 13.0. The Bertz CT molecular complexity index is 938. The van der Waals surface area contributed by atoms with Gasteiger partial charge in [0, 0.05) is 17.1 Å². The number of fused-ring (bicyclic) bond motifs is 1. The van der Waals surface area contributed by atoms with Crippen molar-refractivity contribution in [3.63, 3.8) is 0 Å². The minimum absolute atomic E-state index is 0.250. The maximum Gasteiger partial charge on any atom is 0.306 e. The highest BCUT2D eigenvalue weighted by Gasteiger charge is 2.10. The summed E-state index contributed by atoms with van der Waals surface area (Å²) in [6.45, 7) is 1.56. The van der Waals surface area contributed by atoms with Crippen molar-refractivity contribution in [1.82, 2.24) is 4.98 Å². The fraction of sp³-hybridized carbons (Fsp3) is 0.250. The van der Waals surface area contributed by atoms with E-state index >= 15 is 0 Å². The van der Waals surface area contributed by atoms with Gasteiger partial charge in [-0.25, -0.2) is 4.98 Å². The van der Waals surface area contributed by atoms with Gasteiger partial charge >= 0.3 is 5.97 Å². The summed E-state index contributed by atoms with van der Waals surface area (Å²) in [4.78, 5) is 28.2. The molecule has 0 saturated carbocycles. The number of aromatic nitrogens is 1. The predicted molar refractivity (Wildman–Crippen MR) is 108 cm³/mol. The van der Waals surface area contributed by atoms with Crippen LogP contribution in [0.1, 0.15) is 23.4 Å². The van der Waals surface area contributed by atoms with E-state index in [2.05, 4.69) is 10.3 Å². The number of ether oxygens (including phenoxy) is 1. The van der Waals surface area contributed by atoms with Gasteiger partial charge in [-0.05, 0) is 49.6 Å². The second kappa shape index (κ2) is 8.97. The van der Waals surface area contributed by atoms with E-state index in [1.807, 2.05) is 37.3 Å². The van der Waals surface area contributed by atoms with Crippen molar-refractivity contribution in [3.05, 3.63) is 58.1 Å². The van der Waals surface area contributed by atoms with Gasteiger partial charge in [-0.3, -0.25) is 9.59 Å². The number of benzene rings is 2. The van der Waals surface area contributed by atoms with Crippen molar-refractivity contribution < 1.29 is 14.3 Å². The number of hydrogen-bond acceptors (Lipinski definition) is 5. The average molecular weight is 403 g/mol. The van der Waals surface area contributed by atoms with Gasteiger partial charge in [-0.15, -0.1) is 11.3 Å². The summed E-state index contributed by atoms with van der Waals surface area (Å²) in [6, 6.07) is 13.2. The number of esters is 1. The van der Waals surface area contributed by atoms with E-state index < -0.39 is 11.9 Å². The molecular weight excluding hydrogens is 384 g/mol. The highest BCUT2D eigenvalue weighted by Crippen LogP contribution is 2.23. The molecule has 7 heteroatoms. The second-order valence-corrected chi connectivity index (χ2v) is 7.62. The summed E-state index contributed by atoms with van der Waals surface area (Å²) in [5.41, 5.74) is 2.48. The van der Waals surface area contributed by atoms with Gasteiger partial charge in [0.1, 0.15) is 0 Å². The summed E-state index contributed by atoms with van der Waals surface area (Å²) >= 11 is 7.65. The van der Waals surface area contributed by atoms with Crippen molar-refractivity contribution in [1.29, 1.82) is 0 Å². The third-order valence-corrected chi connectivity index (χ3v) is 5.43. The number of halogens is 1. The molecule has 1 amide bonds. The maximum absolute atomic E-state index is 11.9. The van der Waals surface area contributed by atoms with Gasteiger partial charge in [0.15, 0.2) is 6.61 Å². The smallest absolute Gasteiger partial charge is 0.306 e. The molecule has 0 unspecified atom stereocenters. The van der Waals surface area contributed by atoms with Crippen molar-refractivity contribution in [3.8, 4) is 0 Å². The first-order valence-electron chi connectivity index (χ1n) is 8.57. The molecule has 0 atom stereocenters. The molecule has 0 fully saturated rings. The number of rotatable bonds is 7. The van der Waals surface area contributed by atoms with Crippen LogP contribution in [-0.2, 0) is 20.7 Å². The third-order valence-electron chi connectivity index (χ3n) is 3.93. The van der Waals surface area contributed by atoms with Crippen molar-refractivity contribution >= 4 is 50.7 Å². The number of carbonyl (C=O) groups excluding carboxylic acids is 2. The molecule has 0 radical (unpaired) electrons. The quantitative estimate of drug-likeness (QED) is 0.578. The van der Waals surface area contributed by atoms with Crippen molar-refractivity contribution in [2.75, 3.05) is 11.9 Å². The Morgan fingerprint density at radius 2 is 2.04 bits per heavy atom. The molecule has 140 valence electrons. The Kier molecular flexibility index (Phi) is 6.42. The van der Waals surface area contributed by atoms with Gasteiger partial charge in [0.25, 0.3) is 5.91 Å². The Balaban J connectivity index is 1.38. The van der Waals surface area contributed by atoms with Gasteiger partial charge in [-0.2, -0.15) is 0 Å². The molecule has 0 spiro atoms. The average Bonchev–Trinajstić information content (AvgIpc) is 3.06. The van der Waals surface area contributed by atoms with Crippen LogP contribution in [0.3, 0.4) is 0 Å². The molecule has 0 aliphatic rings. The van der Waals surface area contributed by atoms with Crippen LogP contribution in [0.2, 0.25) is 5.02 Å². The maximum atomic E-state index is 11.9. The molecule has 1 aromatic heterocycles. The van der Waals surface area contributed by atoms with Crippen LogP contribution in [0, 0.1) is 6.92 Å². The fourth-order valence-corrected chi connectivity index (χ4v) is 3.69. The van der Waals surface area contributed by atoms with E-state index in [-0.39, 0.29) is 13.0 Å². The summed E-state index contributed by atoms with van der Waals surface area (Å²) in [5.74, 6) is -0.789. The normalized spacial score (nSPS) is 10.7. The molecule has 0 bridgehead atoms. The van der Waals surface area contributed by atoms with Crippen LogP contribution < -0.4 is 5.32 Å². The van der Waals surface area contributed by atoms with Crippen LogP contribution in [-0.4, -0.2) is 23.5 Å². The molecule has 0 aliphatic heterocycles. The predicted octanol–water partition coefficient (Wildman–Crippen LogP) is 4.76. The number of aryl methyl sites for hydroxylation is 2. The lowest BCUT2D eigenvalue weighted by Crippen LogP contribution is -2.20. The number of nitrogens with zero attached hydrogens (tertiary/aromatic N) is 1. The lowest BCUT2D eigenvalue weighted by atomic mass is 10.2. The zero-order valence-electron chi connectivity index (χ0n) is 14.8. The molecule has 1 heterocycles. The number of anilines is 1. The number of amides is 1. The van der Waals surface area contributed by atoms with Crippen molar-refractivity contribution in [2.24, 2.45) is 0 Å². The van der Waals surface area contributed by atoms with Gasteiger partial charge in [0.2, 0.25) is 0 Å². The number of para-hydroxylation sites is 1. The molecule has 3 rings (SSSR count). The molecule has 27 heavy (non-hydrogen) atoms. The van der Waals surface area contributed by atoms with Crippen molar-refractivity contribution in [2.45, 2.75) is 26.2 Å². The number of carbonyl (C=O) groups is 2. The van der Waals surface area contributed by atoms with E-state index in [9.17, 15) is 9.59 Å². The van der Waals surface area contributed by atoms with Crippen LogP contribution in [0.25, 0.3) is 10.2 Å². The standard InChI is InChI=1S/C20H19ClN2O3S/c1-13-9-10-14(11-15(13)21)22-18(24)12-26-20(25)8-4-7-19-23-16-5-2-3-6-17(16)27-19/h2-3,5-6,9-11H,4,7-8,12H2,1H3,(H,22,24). The molecule has 5 nitrogen and oxygen atoms in total. The minimum atomic E-state index is -0.395. The Hall–Kier alpha value is -2.44. The zero-order chi connectivity index (χ0) is 19.2. The molecule has 0 aliphatic carbocycles. The number of thiazole rings is 1. The van der Waals surface area contributed by atoms with Crippen LogP contribution in [0.4, 0.5) is 5.69 Å². The fourth-order valence-electron chi connectivity index (χ4n) is 2.50. The van der Waals surface area contributed by atoms with Gasteiger partial charge in [0.05, 0.1) is 15.2 Å². The second-order valence-electron chi connectivity index (χ2n) is 6.10. The summed E-state index contributed by atoms with van der Waals surface area (Å²) in [5, 5.41) is 4.22. The van der Waals surface area contributed by atoms with Crippen LogP contribution in [0.5, 0.6) is 0 Å². The molecule has 2 aromatic carbocycles. The van der Waals surface area contributed by atoms with Crippen LogP contribution in [0.15, 0.2) is 42.5 Å². The SMILES string of the molecule is Cc1ccc(NC(=O)COC(=O)CCCc2nc3ccccc3s2)cc1Cl. The Labute approximate surface area is 166 Å². The van der Waals surface area contributed by atoms with E-state index in [0.29, 0.717) is 23.6 Å². The highest BCUT2D eigenvalue weighted by atomic mass is 35.5. The lowest BCUT2D eigenvalue weighted by Gasteiger charge is -2.07. The molecule has 1 N–H and O–H groups in total. The van der Waals surface area contributed by atoms with E-state index in [1.54, 1.807) is 23.5 Å². The Morgan fingerprint density at radius 3 is 2.81 bits per heavy atom. The van der Waals surface area contributed by atoms with Gasteiger partial charge < -0.3 is 10.1 Å². The monoisotopic (exact) mass is 402 g/mol. The van der Waals surface area contributed by atoms with Gasteiger partial charge in [-0.1, -0.05) is 29.8 Å². The summed E-state index contributed by atoms with van der Waals surface area (Å²) in [7, 11) is 0. The van der Waals surface area contributed by atoms with E-state index in [0.717, 1.165) is 20.8 Å². The first kappa shape index (κ1) is 19.3. The molecule has 3 aromatic rings. The molecule has 0 saturated heterocycles. The lowest BCUT2D eigenvalue weighted by molar-refractivity contribution is -0.147. The first-order valence-corrected chi connectivity index (χ1v) is 9.77. The topological polar surface area (TPSA) is 68.3 Å². The summed E-state index contributed by atoms with van der Waals surface area (Å²) in [6.07, 6.45) is 1.59. The number of nitrogens with one attached hydrogen (secondary N) is 1. The highest BCUT2D eigenvalue weighted by molar-refractivity contribution is 7.18. The minimum Gasteiger partial charge on any atom is -0.456 e. The number of hydrogen-bond donors (Lipinski definition) is 1. The zero-order valence-corrected chi connectivity index (χ0v) is 16.4. The third kappa shape index (κ3) is 5.52. The van der Waals surface area contributed by atoms with E-state index in [4.69, 9.17) is 16.3 Å². The largest absolute Gasteiger partial charge is 0.456 e. The molecular formula is C20H19ClN2O3S. The van der Waals surface area contributed by atoms with Crippen LogP contribution >= 0.6 is 22.9 Å².